The summed E-state index contributed by atoms with van der Waals surface area (Å²) in [6.45, 7) is 0.168. The Kier molecular flexibility index (Phi) is 5.13. The van der Waals surface area contributed by atoms with Gasteiger partial charge in [-0.1, -0.05) is 35.3 Å². The molecule has 0 aliphatic carbocycles. The minimum atomic E-state index is -0.522. The number of fused-ring (bicyclic) bond motifs is 1. The van der Waals surface area contributed by atoms with Crippen molar-refractivity contribution in [1.29, 1.82) is 0 Å². The molecule has 2 aromatic carbocycles. The summed E-state index contributed by atoms with van der Waals surface area (Å²) in [5.41, 5.74) is 0.0246. The van der Waals surface area contributed by atoms with E-state index in [1.54, 1.807) is 24.3 Å². The van der Waals surface area contributed by atoms with E-state index in [-0.39, 0.29) is 29.5 Å². The summed E-state index contributed by atoms with van der Waals surface area (Å²) < 4.78 is 23.0. The van der Waals surface area contributed by atoms with Crippen LogP contribution in [-0.2, 0) is 20.6 Å². The van der Waals surface area contributed by atoms with Gasteiger partial charge in [0.05, 0.1) is 16.6 Å². The van der Waals surface area contributed by atoms with Crippen molar-refractivity contribution >= 4 is 34.4 Å². The Bertz CT molecular complexity index is 1390. The zero-order valence-corrected chi connectivity index (χ0v) is 17.4. The van der Waals surface area contributed by atoms with Crippen LogP contribution in [-0.4, -0.2) is 18.7 Å². The molecule has 0 bridgehead atoms. The lowest BCUT2D eigenvalue weighted by Gasteiger charge is -2.11. The lowest BCUT2D eigenvalue weighted by molar-refractivity contribution is 0.421. The van der Waals surface area contributed by atoms with Crippen LogP contribution in [0, 0.1) is 5.82 Å². The predicted octanol–water partition coefficient (Wildman–Crippen LogP) is 3.72. The molecule has 7 nitrogen and oxygen atoms in total. The smallest absolute Gasteiger partial charge is 0.332 e. The molecule has 0 N–H and O–H groups in total. The normalized spacial score (nSPS) is 11.2. The fourth-order valence-corrected chi connectivity index (χ4v) is 3.36. The van der Waals surface area contributed by atoms with E-state index >= 15 is 0 Å². The molecule has 2 aromatic heterocycles. The summed E-state index contributed by atoms with van der Waals surface area (Å²) >= 11 is 12.0. The second-order valence-electron chi connectivity index (χ2n) is 6.66. The number of aryl methyl sites for hydroxylation is 1. The molecule has 0 spiro atoms. The Labute approximate surface area is 179 Å². The molecule has 0 saturated heterocycles. The number of hydrogen-bond donors (Lipinski definition) is 0. The summed E-state index contributed by atoms with van der Waals surface area (Å²) in [6.07, 6.45) is 0. The van der Waals surface area contributed by atoms with Gasteiger partial charge in [-0.3, -0.25) is 18.5 Å². The van der Waals surface area contributed by atoms with Crippen molar-refractivity contribution in [1.82, 2.24) is 18.7 Å². The number of imidazole rings is 1. The molecule has 0 radical (unpaired) electrons. The zero-order chi connectivity index (χ0) is 21.6. The van der Waals surface area contributed by atoms with Crippen LogP contribution in [0.5, 0.6) is 11.8 Å². The highest BCUT2D eigenvalue weighted by atomic mass is 35.5. The van der Waals surface area contributed by atoms with Crippen LogP contribution in [0.25, 0.3) is 11.2 Å². The van der Waals surface area contributed by atoms with Gasteiger partial charge in [0.2, 0.25) is 0 Å². The molecule has 0 aliphatic rings. The van der Waals surface area contributed by atoms with Gasteiger partial charge in [-0.05, 0) is 29.8 Å². The predicted molar refractivity (Wildman–Crippen MR) is 112 cm³/mol. The topological polar surface area (TPSA) is 71.1 Å². The molecule has 0 unspecified atom stereocenters. The summed E-state index contributed by atoms with van der Waals surface area (Å²) in [4.78, 5) is 29.6. The van der Waals surface area contributed by atoms with Gasteiger partial charge < -0.3 is 4.74 Å². The average molecular weight is 449 g/mol. The fourth-order valence-electron chi connectivity index (χ4n) is 3.07. The summed E-state index contributed by atoms with van der Waals surface area (Å²) in [6, 6.07) is 10.6. The minimum Gasteiger partial charge on any atom is -0.425 e. The van der Waals surface area contributed by atoms with Crippen molar-refractivity contribution in [2.24, 2.45) is 14.1 Å². The van der Waals surface area contributed by atoms with Crippen molar-refractivity contribution in [2.45, 2.75) is 6.54 Å². The molecule has 0 saturated carbocycles. The van der Waals surface area contributed by atoms with Gasteiger partial charge in [0.25, 0.3) is 5.56 Å². The highest BCUT2D eigenvalue weighted by Gasteiger charge is 2.21. The van der Waals surface area contributed by atoms with E-state index in [9.17, 15) is 14.0 Å². The first-order valence-corrected chi connectivity index (χ1v) is 9.55. The van der Waals surface area contributed by atoms with Crippen LogP contribution >= 0.6 is 23.2 Å². The highest BCUT2D eigenvalue weighted by Crippen LogP contribution is 2.30. The quantitative estimate of drug-likeness (QED) is 0.476. The molecule has 0 amide bonds. The van der Waals surface area contributed by atoms with Gasteiger partial charge in [0.15, 0.2) is 11.2 Å². The van der Waals surface area contributed by atoms with Gasteiger partial charge in [-0.2, -0.15) is 4.98 Å². The Morgan fingerprint density at radius 1 is 1.00 bits per heavy atom. The van der Waals surface area contributed by atoms with Crippen molar-refractivity contribution < 1.29 is 9.13 Å². The van der Waals surface area contributed by atoms with Crippen LogP contribution in [0.4, 0.5) is 4.39 Å². The molecule has 2 heterocycles. The number of aromatic nitrogens is 4. The number of ether oxygens (including phenoxy) is 1. The maximum atomic E-state index is 13.3. The second-order valence-corrected chi connectivity index (χ2v) is 7.48. The van der Waals surface area contributed by atoms with Crippen LogP contribution in [0.2, 0.25) is 10.0 Å². The van der Waals surface area contributed by atoms with E-state index in [1.807, 2.05) is 0 Å². The van der Waals surface area contributed by atoms with Crippen molar-refractivity contribution in [3.05, 3.63) is 84.7 Å². The molecule has 154 valence electrons. The van der Waals surface area contributed by atoms with E-state index < -0.39 is 11.2 Å². The van der Waals surface area contributed by atoms with Crippen molar-refractivity contribution in [3.8, 4) is 11.8 Å². The van der Waals surface area contributed by atoms with E-state index in [0.717, 1.165) is 4.57 Å². The van der Waals surface area contributed by atoms with Gasteiger partial charge >= 0.3 is 11.7 Å². The van der Waals surface area contributed by atoms with Crippen LogP contribution in [0.3, 0.4) is 0 Å². The first kappa shape index (κ1) is 20.2. The number of benzene rings is 2. The molecule has 0 atom stereocenters. The largest absolute Gasteiger partial charge is 0.425 e. The third-order valence-corrected chi connectivity index (χ3v) is 5.41. The SMILES string of the molecule is Cn1c(=O)c2c(nc(Oc3ccc(Cl)c(Cl)c3)n2Cc2ccc(F)cc2)n(C)c1=O. The fraction of sp³-hybridized carbons (Fsp3) is 0.150. The summed E-state index contributed by atoms with van der Waals surface area (Å²) in [5.74, 6) is -0.0262. The van der Waals surface area contributed by atoms with Gasteiger partial charge in [-0.25, -0.2) is 9.18 Å². The average Bonchev–Trinajstić information content (AvgIpc) is 3.07. The van der Waals surface area contributed by atoms with Gasteiger partial charge in [0, 0.05) is 20.2 Å². The zero-order valence-electron chi connectivity index (χ0n) is 15.9. The van der Waals surface area contributed by atoms with E-state index in [1.165, 1.54) is 41.4 Å². The summed E-state index contributed by atoms with van der Waals surface area (Å²) in [5, 5.41) is 0.652. The Hall–Kier alpha value is -3.10. The number of rotatable bonds is 4. The van der Waals surface area contributed by atoms with E-state index in [2.05, 4.69) is 4.98 Å². The van der Waals surface area contributed by atoms with Gasteiger partial charge in [0.1, 0.15) is 11.6 Å². The monoisotopic (exact) mass is 448 g/mol. The Morgan fingerprint density at radius 3 is 2.37 bits per heavy atom. The highest BCUT2D eigenvalue weighted by molar-refractivity contribution is 6.42. The van der Waals surface area contributed by atoms with E-state index in [0.29, 0.717) is 21.4 Å². The molecule has 4 aromatic rings. The number of hydrogen-bond acceptors (Lipinski definition) is 4. The third-order valence-electron chi connectivity index (χ3n) is 4.67. The molecular weight excluding hydrogens is 434 g/mol. The molecular formula is C20H15Cl2FN4O3. The van der Waals surface area contributed by atoms with Crippen molar-refractivity contribution in [2.75, 3.05) is 0 Å². The number of nitrogens with zero attached hydrogens (tertiary/aromatic N) is 4. The van der Waals surface area contributed by atoms with E-state index in [4.69, 9.17) is 27.9 Å². The first-order valence-electron chi connectivity index (χ1n) is 8.80. The first-order chi connectivity index (χ1) is 14.3. The molecule has 0 aliphatic heterocycles. The van der Waals surface area contributed by atoms with Crippen LogP contribution in [0.15, 0.2) is 52.1 Å². The Morgan fingerprint density at radius 2 is 1.70 bits per heavy atom. The maximum absolute atomic E-state index is 13.3. The standard InChI is InChI=1S/C20H15Cl2FN4O3/c1-25-17-16(18(28)26(2)20(25)29)27(10-11-3-5-12(23)6-4-11)19(24-17)30-13-7-8-14(21)15(22)9-13/h3-9H,10H2,1-2H3. The minimum absolute atomic E-state index is 0.0750. The lowest BCUT2D eigenvalue weighted by Crippen LogP contribution is -2.37. The lowest BCUT2D eigenvalue weighted by atomic mass is 10.2. The molecule has 30 heavy (non-hydrogen) atoms. The molecule has 0 fully saturated rings. The maximum Gasteiger partial charge on any atom is 0.332 e. The number of halogens is 3. The van der Waals surface area contributed by atoms with Crippen LogP contribution in [0.1, 0.15) is 5.56 Å². The molecule has 4 rings (SSSR count). The summed E-state index contributed by atoms with van der Waals surface area (Å²) in [7, 11) is 2.90. The second kappa shape index (κ2) is 7.62. The third kappa shape index (κ3) is 3.48. The van der Waals surface area contributed by atoms with Crippen molar-refractivity contribution in [3.63, 3.8) is 0 Å². The van der Waals surface area contributed by atoms with Gasteiger partial charge in [-0.15, -0.1) is 0 Å². The molecule has 10 heteroatoms. The Balaban J connectivity index is 1.93. The van der Waals surface area contributed by atoms with Crippen LogP contribution < -0.4 is 16.0 Å².